The van der Waals surface area contributed by atoms with Gasteiger partial charge in [0.05, 0.1) is 19.3 Å². The number of methoxy groups -OCH3 is 1. The van der Waals surface area contributed by atoms with Crippen molar-refractivity contribution in [2.24, 2.45) is 0 Å². The van der Waals surface area contributed by atoms with Gasteiger partial charge in [-0.2, -0.15) is 8.42 Å². The first-order valence-corrected chi connectivity index (χ1v) is 9.91. The van der Waals surface area contributed by atoms with Gasteiger partial charge in [0.2, 0.25) is 0 Å². The molecule has 0 aromatic rings. The van der Waals surface area contributed by atoms with Gasteiger partial charge < -0.3 is 23.7 Å². The summed E-state index contributed by atoms with van der Waals surface area (Å²) >= 11 is 0. The van der Waals surface area contributed by atoms with E-state index in [1.54, 1.807) is 21.0 Å². The van der Waals surface area contributed by atoms with Crippen LogP contribution in [-0.4, -0.2) is 59.3 Å². The molecule has 24 heavy (non-hydrogen) atoms. The van der Waals surface area contributed by atoms with Gasteiger partial charge in [-0.05, 0) is 40.5 Å². The maximum Gasteiger partial charge on any atom is 0.355 e. The third kappa shape index (κ3) is 9.47. The zero-order valence-corrected chi connectivity index (χ0v) is 16.3. The fourth-order valence-corrected chi connectivity index (χ4v) is 2.51. The van der Waals surface area contributed by atoms with Crippen LogP contribution in [0.25, 0.3) is 0 Å². The van der Waals surface area contributed by atoms with E-state index in [-0.39, 0.29) is 19.3 Å². The highest BCUT2D eigenvalue weighted by Gasteiger charge is 2.30. The third-order valence-corrected chi connectivity index (χ3v) is 4.02. The highest BCUT2D eigenvalue weighted by Crippen LogP contribution is 2.22. The zero-order valence-electron chi connectivity index (χ0n) is 14.7. The van der Waals surface area contributed by atoms with Crippen molar-refractivity contribution in [2.45, 2.75) is 64.5 Å². The van der Waals surface area contributed by atoms with Crippen LogP contribution in [0.2, 0.25) is 0 Å². The summed E-state index contributed by atoms with van der Waals surface area (Å²) in [6.07, 6.45) is 0.111. The second kappa shape index (κ2) is 9.09. The molecule has 0 radical (unpaired) electrons. The standard InChI is InChI=1S/C14H27ClO8S/c1-13(2,18-5)22-11-6-8-19-12(10-21-24(15,16)17)23-14(3,4)20-9-7-11/h11-12H,6-10H2,1-5H3/t11-,12?/m1/s1. The van der Waals surface area contributed by atoms with E-state index in [9.17, 15) is 8.42 Å². The van der Waals surface area contributed by atoms with Crippen LogP contribution in [0.5, 0.6) is 0 Å². The Hall–Kier alpha value is -0.0000000000000000694. The van der Waals surface area contributed by atoms with E-state index in [0.29, 0.717) is 19.4 Å². The molecule has 2 atom stereocenters. The number of rotatable bonds is 6. The monoisotopic (exact) mass is 390 g/mol. The van der Waals surface area contributed by atoms with Crippen LogP contribution in [0.15, 0.2) is 0 Å². The molecule has 0 amide bonds. The average Bonchev–Trinajstić information content (AvgIpc) is 2.42. The fourth-order valence-electron chi connectivity index (χ4n) is 2.08. The molecule has 0 saturated carbocycles. The molecule has 1 rings (SSSR count). The molecule has 0 spiro atoms. The van der Waals surface area contributed by atoms with Crippen molar-refractivity contribution in [3.8, 4) is 0 Å². The number of halogens is 1. The molecule has 0 N–H and O–H groups in total. The molecule has 0 aromatic heterocycles. The van der Waals surface area contributed by atoms with Crippen LogP contribution >= 0.6 is 10.7 Å². The van der Waals surface area contributed by atoms with Gasteiger partial charge in [0.25, 0.3) is 0 Å². The van der Waals surface area contributed by atoms with E-state index >= 15 is 0 Å². The van der Waals surface area contributed by atoms with E-state index in [1.807, 2.05) is 13.8 Å². The summed E-state index contributed by atoms with van der Waals surface area (Å²) < 4.78 is 54.4. The molecule has 0 aromatic carbocycles. The van der Waals surface area contributed by atoms with Crippen molar-refractivity contribution in [2.75, 3.05) is 26.9 Å². The van der Waals surface area contributed by atoms with Gasteiger partial charge in [0.15, 0.2) is 17.9 Å². The summed E-state index contributed by atoms with van der Waals surface area (Å²) in [4.78, 5) is 0. The van der Waals surface area contributed by atoms with Gasteiger partial charge in [-0.3, -0.25) is 4.18 Å². The molecule has 0 aliphatic carbocycles. The van der Waals surface area contributed by atoms with E-state index in [0.717, 1.165) is 0 Å². The van der Waals surface area contributed by atoms with Gasteiger partial charge in [0, 0.05) is 17.8 Å². The number of ether oxygens (including phenoxy) is 5. The smallest absolute Gasteiger partial charge is 0.354 e. The Morgan fingerprint density at radius 3 is 2.46 bits per heavy atom. The lowest BCUT2D eigenvalue weighted by Gasteiger charge is -2.34. The molecule has 1 saturated heterocycles. The summed E-state index contributed by atoms with van der Waals surface area (Å²) in [5.74, 6) is -1.71. The molecule has 1 unspecified atom stereocenters. The Labute approximate surface area is 148 Å². The summed E-state index contributed by atoms with van der Waals surface area (Å²) in [6, 6.07) is 0. The van der Waals surface area contributed by atoms with Crippen molar-refractivity contribution >= 4 is 20.0 Å². The largest absolute Gasteiger partial charge is 0.355 e. The van der Waals surface area contributed by atoms with Gasteiger partial charge in [-0.15, -0.1) is 0 Å². The van der Waals surface area contributed by atoms with Gasteiger partial charge >= 0.3 is 9.33 Å². The molecule has 0 bridgehead atoms. The average molecular weight is 391 g/mol. The first kappa shape index (κ1) is 22.0. The van der Waals surface area contributed by atoms with E-state index < -0.39 is 27.2 Å². The van der Waals surface area contributed by atoms with Crippen LogP contribution in [0, 0.1) is 0 Å². The Bertz CT molecular complexity index is 479. The Morgan fingerprint density at radius 1 is 1.25 bits per heavy atom. The predicted octanol–water partition coefficient (Wildman–Crippen LogP) is 2.16. The van der Waals surface area contributed by atoms with Crippen LogP contribution < -0.4 is 0 Å². The van der Waals surface area contributed by atoms with E-state index in [1.165, 1.54) is 0 Å². The molecule has 144 valence electrons. The minimum Gasteiger partial charge on any atom is -0.354 e. The Morgan fingerprint density at radius 2 is 1.88 bits per heavy atom. The minimum absolute atomic E-state index is 0.146. The van der Waals surface area contributed by atoms with E-state index in [4.69, 9.17) is 34.4 Å². The van der Waals surface area contributed by atoms with Crippen molar-refractivity contribution in [1.82, 2.24) is 0 Å². The highest BCUT2D eigenvalue weighted by molar-refractivity contribution is 8.09. The molecule has 8 nitrogen and oxygen atoms in total. The lowest BCUT2D eigenvalue weighted by atomic mass is 10.2. The Kier molecular flexibility index (Phi) is 8.35. The van der Waals surface area contributed by atoms with Crippen molar-refractivity contribution < 1.29 is 36.3 Å². The van der Waals surface area contributed by atoms with Crippen LogP contribution in [0.1, 0.15) is 40.5 Å². The van der Waals surface area contributed by atoms with Crippen LogP contribution in [-0.2, 0) is 37.2 Å². The summed E-state index contributed by atoms with van der Waals surface area (Å²) in [5, 5.41) is 0. The van der Waals surface area contributed by atoms with Gasteiger partial charge in [0.1, 0.15) is 6.61 Å². The molecule has 1 heterocycles. The number of hydrogen-bond acceptors (Lipinski definition) is 8. The van der Waals surface area contributed by atoms with Crippen LogP contribution in [0.3, 0.4) is 0 Å². The Balaban J connectivity index is 2.68. The maximum absolute atomic E-state index is 10.9. The first-order chi connectivity index (χ1) is 10.9. The quantitative estimate of drug-likeness (QED) is 0.503. The topological polar surface area (TPSA) is 89.5 Å². The van der Waals surface area contributed by atoms with E-state index in [2.05, 4.69) is 4.18 Å². The van der Waals surface area contributed by atoms with Gasteiger partial charge in [-0.25, -0.2) is 0 Å². The second-order valence-corrected chi connectivity index (χ2v) is 8.42. The van der Waals surface area contributed by atoms with Crippen molar-refractivity contribution in [3.63, 3.8) is 0 Å². The maximum atomic E-state index is 10.9. The van der Waals surface area contributed by atoms with Crippen molar-refractivity contribution in [1.29, 1.82) is 0 Å². The molecule has 1 aliphatic rings. The number of hydrogen-bond donors (Lipinski definition) is 0. The van der Waals surface area contributed by atoms with Gasteiger partial charge in [-0.1, -0.05) is 0 Å². The zero-order chi connectivity index (χ0) is 18.4. The lowest BCUT2D eigenvalue weighted by Crippen LogP contribution is -2.41. The lowest BCUT2D eigenvalue weighted by molar-refractivity contribution is -0.309. The molecule has 1 fully saturated rings. The molecule has 1 aliphatic heterocycles. The minimum atomic E-state index is -4.11. The predicted molar refractivity (Wildman–Crippen MR) is 86.8 cm³/mol. The first-order valence-electron chi connectivity index (χ1n) is 7.68. The highest BCUT2D eigenvalue weighted by atomic mass is 35.7. The third-order valence-electron chi connectivity index (χ3n) is 3.34. The SMILES string of the molecule is COC(C)(C)O[C@@H]1CCOC(COS(=O)(=O)Cl)OC(C)(C)OCC1. The summed E-state index contributed by atoms with van der Waals surface area (Å²) in [7, 11) is 2.51. The normalized spacial score (nSPS) is 26.9. The molecular weight excluding hydrogens is 364 g/mol. The van der Waals surface area contributed by atoms with Crippen molar-refractivity contribution in [3.05, 3.63) is 0 Å². The summed E-state index contributed by atoms with van der Waals surface area (Å²) in [6.45, 7) is 7.37. The van der Waals surface area contributed by atoms with Crippen LogP contribution in [0.4, 0.5) is 0 Å². The molecule has 10 heteroatoms. The summed E-state index contributed by atoms with van der Waals surface area (Å²) in [5.41, 5.74) is 0. The fraction of sp³-hybridized carbons (Fsp3) is 1.00. The second-order valence-electron chi connectivity index (χ2n) is 6.27. The molecular formula is C14H27ClO8S.